The van der Waals surface area contributed by atoms with E-state index in [-0.39, 0.29) is 11.2 Å². The van der Waals surface area contributed by atoms with Crippen LogP contribution in [-0.4, -0.2) is 11.8 Å². The van der Waals surface area contributed by atoms with E-state index in [9.17, 15) is 9.70 Å². The molecule has 4 rings (SSSR count). The van der Waals surface area contributed by atoms with Gasteiger partial charge in [-0.1, -0.05) is 43.2 Å². The molecule has 136 valence electrons. The molecule has 3 saturated carbocycles. The van der Waals surface area contributed by atoms with Crippen molar-refractivity contribution in [3.05, 3.63) is 28.7 Å². The number of hydrogen-bond donors (Lipinski definition) is 0. The highest BCUT2D eigenvalue weighted by atomic mass is 16.3. The predicted octanol–water partition coefficient (Wildman–Crippen LogP) is 5.46. The van der Waals surface area contributed by atoms with E-state index in [1.54, 1.807) is 6.08 Å². The third-order valence-corrected chi connectivity index (χ3v) is 8.59. The number of carbonyl (C=O) groups excluding carboxylic acids is 1. The third-order valence-electron chi connectivity index (χ3n) is 8.59. The minimum absolute atomic E-state index is 0.0347. The van der Waals surface area contributed by atoms with Crippen molar-refractivity contribution in [1.29, 1.82) is 0 Å². The largest absolute Gasteiger partial charge is 0.292 e. The summed E-state index contributed by atoms with van der Waals surface area (Å²) in [6.07, 6.45) is 9.91. The number of fused-ring (bicyclic) bond motifs is 5. The first-order chi connectivity index (χ1) is 11.8. The molecule has 3 fully saturated rings. The minimum atomic E-state index is -0.673. The van der Waals surface area contributed by atoms with Crippen LogP contribution in [0.2, 0.25) is 0 Å². The fourth-order valence-electron chi connectivity index (χ4n) is 7.20. The third kappa shape index (κ3) is 2.34. The highest BCUT2D eigenvalue weighted by Crippen LogP contribution is 2.67. The van der Waals surface area contributed by atoms with Crippen LogP contribution in [-0.2, 0) is 4.79 Å². The van der Waals surface area contributed by atoms with Gasteiger partial charge < -0.3 is 0 Å². The maximum Gasteiger partial charge on any atom is 0.183 e. The first-order valence-electron chi connectivity index (χ1n) is 10.0. The molecular weight excluding hydrogens is 310 g/mol. The normalized spacial score (nSPS) is 48.8. The predicted molar refractivity (Wildman–Crippen MR) is 100.0 cm³/mol. The van der Waals surface area contributed by atoms with Gasteiger partial charge in [-0.15, -0.1) is 0 Å². The smallest absolute Gasteiger partial charge is 0.183 e. The van der Waals surface area contributed by atoms with Gasteiger partial charge in [0.15, 0.2) is 11.8 Å². The fourth-order valence-corrected chi connectivity index (χ4v) is 7.20. The average Bonchev–Trinajstić information content (AvgIpc) is 2.96. The van der Waals surface area contributed by atoms with Crippen LogP contribution >= 0.6 is 0 Å². The SMILES string of the molecule is C=C(C)[C@@H]1CC2=CC(=O)C(N=O)C[C@]2(C)[C@H]2CC[C@]3(C)CCC[C@H]3[C@H]12. The monoisotopic (exact) mass is 341 g/mol. The van der Waals surface area contributed by atoms with Crippen molar-refractivity contribution in [3.63, 3.8) is 0 Å². The topological polar surface area (TPSA) is 46.5 Å². The molecule has 4 aliphatic carbocycles. The zero-order valence-corrected chi connectivity index (χ0v) is 15.9. The van der Waals surface area contributed by atoms with Crippen LogP contribution in [0.5, 0.6) is 0 Å². The van der Waals surface area contributed by atoms with Gasteiger partial charge in [0.05, 0.1) is 0 Å². The number of nitrogens with zero attached hydrogens (tertiary/aromatic N) is 1. The van der Waals surface area contributed by atoms with E-state index in [1.807, 2.05) is 0 Å². The Hall–Kier alpha value is -1.25. The quantitative estimate of drug-likeness (QED) is 0.495. The van der Waals surface area contributed by atoms with E-state index in [0.717, 1.165) is 12.3 Å². The molecule has 0 aliphatic heterocycles. The second-order valence-electron chi connectivity index (χ2n) is 9.85. The molecular formula is C22H31NO2. The molecule has 3 heteroatoms. The van der Waals surface area contributed by atoms with Gasteiger partial charge in [-0.05, 0) is 86.0 Å². The lowest BCUT2D eigenvalue weighted by atomic mass is 9.44. The molecule has 25 heavy (non-hydrogen) atoms. The number of nitroso groups, excluding NO2 is 1. The summed E-state index contributed by atoms with van der Waals surface area (Å²) >= 11 is 0. The van der Waals surface area contributed by atoms with Gasteiger partial charge in [-0.25, -0.2) is 0 Å². The van der Waals surface area contributed by atoms with E-state index in [2.05, 4.69) is 32.5 Å². The molecule has 0 radical (unpaired) electrons. The Kier molecular flexibility index (Phi) is 3.86. The molecule has 0 heterocycles. The second kappa shape index (κ2) is 5.62. The van der Waals surface area contributed by atoms with Gasteiger partial charge in [-0.2, -0.15) is 4.91 Å². The van der Waals surface area contributed by atoms with Crippen LogP contribution < -0.4 is 0 Å². The molecule has 4 aliphatic rings. The Morgan fingerprint density at radius 1 is 1.24 bits per heavy atom. The van der Waals surface area contributed by atoms with Gasteiger partial charge in [0.1, 0.15) is 0 Å². The standard InChI is InChI=1S/C22H31NO2/c1-13(2)15-10-14-11-19(24)18(23-25)12-22(14,4)17-7-9-21(3)8-5-6-16(21)20(15)17/h11,15-18,20H,1,5-10,12H2,2-4H3/t15-,16-,17-,18?,20-,21-,22-/m0/s1. The van der Waals surface area contributed by atoms with Crippen LogP contribution in [0.1, 0.15) is 65.7 Å². The van der Waals surface area contributed by atoms with Crippen LogP contribution in [0.25, 0.3) is 0 Å². The van der Waals surface area contributed by atoms with Crippen molar-refractivity contribution in [2.45, 2.75) is 71.8 Å². The Morgan fingerprint density at radius 2 is 2.00 bits per heavy atom. The number of ketones is 1. The van der Waals surface area contributed by atoms with Crippen molar-refractivity contribution in [2.75, 3.05) is 0 Å². The lowest BCUT2D eigenvalue weighted by Crippen LogP contribution is -2.54. The summed E-state index contributed by atoms with van der Waals surface area (Å²) in [5.41, 5.74) is 3.00. The number of rotatable bonds is 2. The maximum atomic E-state index is 12.3. The Labute approximate surface area is 151 Å². The summed E-state index contributed by atoms with van der Waals surface area (Å²) in [5.74, 6) is 2.39. The van der Waals surface area contributed by atoms with Crippen LogP contribution in [0, 0.1) is 39.4 Å². The number of allylic oxidation sites excluding steroid dienone is 2. The van der Waals surface area contributed by atoms with Gasteiger partial charge >= 0.3 is 0 Å². The summed E-state index contributed by atoms with van der Waals surface area (Å²) in [7, 11) is 0. The summed E-state index contributed by atoms with van der Waals surface area (Å²) in [6.45, 7) is 11.3. The Morgan fingerprint density at radius 3 is 2.68 bits per heavy atom. The van der Waals surface area contributed by atoms with Crippen molar-refractivity contribution >= 4 is 5.78 Å². The lowest BCUT2D eigenvalue weighted by molar-refractivity contribution is -0.119. The summed E-state index contributed by atoms with van der Waals surface area (Å²) < 4.78 is 0. The molecule has 1 unspecified atom stereocenters. The second-order valence-corrected chi connectivity index (χ2v) is 9.85. The molecule has 0 spiro atoms. The minimum Gasteiger partial charge on any atom is -0.292 e. The van der Waals surface area contributed by atoms with Crippen molar-refractivity contribution in [3.8, 4) is 0 Å². The molecule has 0 aromatic carbocycles. The van der Waals surface area contributed by atoms with Gasteiger partial charge in [0, 0.05) is 0 Å². The summed E-state index contributed by atoms with van der Waals surface area (Å²) in [6, 6.07) is -0.673. The van der Waals surface area contributed by atoms with Crippen molar-refractivity contribution < 1.29 is 4.79 Å². The fraction of sp³-hybridized carbons (Fsp3) is 0.773. The average molecular weight is 341 g/mol. The van der Waals surface area contributed by atoms with Gasteiger partial charge in [0.25, 0.3) is 0 Å². The first kappa shape index (κ1) is 17.2. The zero-order chi connectivity index (χ0) is 18.0. The highest BCUT2D eigenvalue weighted by Gasteiger charge is 2.60. The van der Waals surface area contributed by atoms with Gasteiger partial charge in [0.2, 0.25) is 0 Å². The van der Waals surface area contributed by atoms with Crippen molar-refractivity contribution in [1.82, 2.24) is 0 Å². The van der Waals surface area contributed by atoms with Crippen LogP contribution in [0.15, 0.2) is 29.0 Å². The number of carbonyl (C=O) groups is 1. The molecule has 0 saturated heterocycles. The number of hydrogen-bond acceptors (Lipinski definition) is 3. The summed E-state index contributed by atoms with van der Waals surface area (Å²) in [5, 5.41) is 3.17. The van der Waals surface area contributed by atoms with E-state index in [4.69, 9.17) is 0 Å². The van der Waals surface area contributed by atoms with Crippen molar-refractivity contribution in [2.24, 2.45) is 39.7 Å². The first-order valence-corrected chi connectivity index (χ1v) is 10.0. The molecule has 0 amide bonds. The van der Waals surface area contributed by atoms with E-state index >= 15 is 0 Å². The Balaban J connectivity index is 1.80. The maximum absolute atomic E-state index is 12.3. The molecule has 3 nitrogen and oxygen atoms in total. The Bertz CT molecular complexity index is 665. The molecule has 0 aromatic heterocycles. The molecule has 0 N–H and O–H groups in total. The van der Waals surface area contributed by atoms with E-state index in [0.29, 0.717) is 29.6 Å². The lowest BCUT2D eigenvalue weighted by Gasteiger charge is -2.60. The highest BCUT2D eigenvalue weighted by molar-refractivity contribution is 5.96. The van der Waals surface area contributed by atoms with E-state index in [1.165, 1.54) is 43.3 Å². The van der Waals surface area contributed by atoms with Crippen LogP contribution in [0.4, 0.5) is 0 Å². The van der Waals surface area contributed by atoms with E-state index < -0.39 is 6.04 Å². The molecule has 0 bridgehead atoms. The van der Waals surface area contributed by atoms with Gasteiger partial charge in [-0.3, -0.25) is 4.79 Å². The van der Waals surface area contributed by atoms with Crippen LogP contribution in [0.3, 0.4) is 0 Å². The molecule has 0 aromatic rings. The zero-order valence-electron chi connectivity index (χ0n) is 15.9. The molecule has 7 atom stereocenters. The summed E-state index contributed by atoms with van der Waals surface area (Å²) in [4.78, 5) is 23.5.